The highest BCUT2D eigenvalue weighted by Gasteiger charge is 2.33. The number of anilines is 3. The molecule has 0 saturated carbocycles. The summed E-state index contributed by atoms with van der Waals surface area (Å²) in [5.74, 6) is -0.529. The molecule has 1 aliphatic rings. The molecule has 7 nitrogen and oxygen atoms in total. The van der Waals surface area contributed by atoms with Gasteiger partial charge in [-0.1, -0.05) is 41.6 Å². The third-order valence-corrected chi connectivity index (χ3v) is 7.06. The summed E-state index contributed by atoms with van der Waals surface area (Å²) in [5.41, 5.74) is 2.76. The second kappa shape index (κ2) is 11.8. The molecule has 0 aromatic heterocycles. The standard InChI is InChI=1S/C27H23ClFN3O4S2/c1-31(2)18-6-8-19(9-7-18)32-26(34)24(38-27(32)37)13-16-4-11-22(23(12-16)35-3)36-15-25(33)30-17-5-10-21(29)20(28)14-17/h4-14H,15H2,1-3H3,(H,30,33)/b24-13-. The zero-order chi connectivity index (χ0) is 27.4. The molecule has 1 heterocycles. The number of carbonyl (C=O) groups is 2. The first-order chi connectivity index (χ1) is 18.2. The summed E-state index contributed by atoms with van der Waals surface area (Å²) >= 11 is 12.4. The average Bonchev–Trinajstić information content (AvgIpc) is 3.17. The lowest BCUT2D eigenvalue weighted by atomic mass is 10.1. The number of amides is 2. The SMILES string of the molecule is COc1cc(/C=C2\SC(=S)N(c3ccc(N(C)C)cc3)C2=O)ccc1OCC(=O)Nc1ccc(F)c(Cl)c1. The van der Waals surface area contributed by atoms with Crippen molar-refractivity contribution >= 4 is 74.9 Å². The van der Waals surface area contributed by atoms with E-state index >= 15 is 0 Å². The quantitative estimate of drug-likeness (QED) is 0.263. The van der Waals surface area contributed by atoms with Crippen molar-refractivity contribution in [2.24, 2.45) is 0 Å². The average molecular weight is 572 g/mol. The van der Waals surface area contributed by atoms with Gasteiger partial charge >= 0.3 is 0 Å². The molecule has 3 aromatic rings. The van der Waals surface area contributed by atoms with E-state index in [1.807, 2.05) is 43.3 Å². The van der Waals surface area contributed by atoms with Crippen molar-refractivity contribution in [2.75, 3.05) is 42.9 Å². The molecule has 2 amide bonds. The van der Waals surface area contributed by atoms with Gasteiger partial charge < -0.3 is 19.7 Å². The minimum absolute atomic E-state index is 0.0971. The molecule has 11 heteroatoms. The summed E-state index contributed by atoms with van der Waals surface area (Å²) in [6, 6.07) is 16.5. The Balaban J connectivity index is 1.44. The van der Waals surface area contributed by atoms with E-state index in [9.17, 15) is 14.0 Å². The van der Waals surface area contributed by atoms with Crippen LogP contribution in [0.4, 0.5) is 21.5 Å². The fraction of sp³-hybridized carbons (Fsp3) is 0.148. The van der Waals surface area contributed by atoms with Gasteiger partial charge in [0.1, 0.15) is 5.82 Å². The Hall–Kier alpha value is -3.60. The van der Waals surface area contributed by atoms with Gasteiger partial charge in [0.25, 0.3) is 11.8 Å². The molecule has 196 valence electrons. The predicted octanol–water partition coefficient (Wildman–Crippen LogP) is 5.98. The lowest BCUT2D eigenvalue weighted by Gasteiger charge is -2.17. The molecule has 4 rings (SSSR count). The molecule has 38 heavy (non-hydrogen) atoms. The van der Waals surface area contributed by atoms with Gasteiger partial charge in [-0.2, -0.15) is 0 Å². The maximum Gasteiger partial charge on any atom is 0.270 e. The predicted molar refractivity (Wildman–Crippen MR) is 155 cm³/mol. The fourth-order valence-corrected chi connectivity index (χ4v) is 5.03. The maximum atomic E-state index is 13.3. The molecule has 0 unspecified atom stereocenters. The van der Waals surface area contributed by atoms with Crippen LogP contribution in [0.25, 0.3) is 6.08 Å². The first kappa shape index (κ1) is 27.4. The second-order valence-electron chi connectivity index (χ2n) is 8.30. The molecular weight excluding hydrogens is 549 g/mol. The number of thiocarbonyl (C=S) groups is 1. The van der Waals surface area contributed by atoms with Gasteiger partial charge in [0, 0.05) is 25.5 Å². The lowest BCUT2D eigenvalue weighted by molar-refractivity contribution is -0.118. The molecule has 0 bridgehead atoms. The number of nitrogens with one attached hydrogen (secondary N) is 1. The highest BCUT2D eigenvalue weighted by molar-refractivity contribution is 8.27. The van der Waals surface area contributed by atoms with E-state index in [-0.39, 0.29) is 17.5 Å². The number of benzene rings is 3. The number of halogens is 2. The summed E-state index contributed by atoms with van der Waals surface area (Å²) < 4.78 is 24.8. The number of hydrogen-bond donors (Lipinski definition) is 1. The largest absolute Gasteiger partial charge is 0.493 e. The van der Waals surface area contributed by atoms with Crippen molar-refractivity contribution < 1.29 is 23.5 Å². The number of carbonyl (C=O) groups excluding carboxylic acids is 2. The van der Waals surface area contributed by atoms with Gasteiger partial charge in [0.2, 0.25) is 0 Å². The summed E-state index contributed by atoms with van der Waals surface area (Å²) in [5, 5.41) is 2.49. The van der Waals surface area contributed by atoms with Crippen LogP contribution in [0.2, 0.25) is 5.02 Å². The minimum atomic E-state index is -0.577. The van der Waals surface area contributed by atoms with Gasteiger partial charge in [-0.3, -0.25) is 14.5 Å². The van der Waals surface area contributed by atoms with E-state index in [0.29, 0.717) is 37.7 Å². The third-order valence-electron chi connectivity index (χ3n) is 5.47. The zero-order valence-corrected chi connectivity index (χ0v) is 23.0. The van der Waals surface area contributed by atoms with Crippen LogP contribution in [-0.4, -0.2) is 43.9 Å². The Bertz CT molecular complexity index is 1430. The third kappa shape index (κ3) is 6.27. The van der Waals surface area contributed by atoms with Gasteiger partial charge in [0.05, 0.1) is 22.7 Å². The van der Waals surface area contributed by atoms with Crippen LogP contribution in [-0.2, 0) is 9.59 Å². The molecular formula is C27H23ClFN3O4S2. The van der Waals surface area contributed by atoms with Crippen LogP contribution in [0.15, 0.2) is 65.6 Å². The Morgan fingerprint density at radius 1 is 1.13 bits per heavy atom. The van der Waals surface area contributed by atoms with E-state index < -0.39 is 11.7 Å². The molecule has 0 spiro atoms. The number of thioether (sulfide) groups is 1. The second-order valence-corrected chi connectivity index (χ2v) is 10.4. The molecule has 1 N–H and O–H groups in total. The molecule has 1 aliphatic heterocycles. The summed E-state index contributed by atoms with van der Waals surface area (Å²) in [6.45, 7) is -0.310. The highest BCUT2D eigenvalue weighted by atomic mass is 35.5. The van der Waals surface area contributed by atoms with Crippen LogP contribution < -0.4 is 24.6 Å². The Morgan fingerprint density at radius 3 is 2.53 bits per heavy atom. The van der Waals surface area contributed by atoms with Gasteiger partial charge in [-0.15, -0.1) is 0 Å². The van der Waals surface area contributed by atoms with Crippen molar-refractivity contribution in [1.82, 2.24) is 0 Å². The van der Waals surface area contributed by atoms with Crippen LogP contribution in [0, 0.1) is 5.82 Å². The zero-order valence-electron chi connectivity index (χ0n) is 20.7. The molecule has 3 aromatic carbocycles. The van der Waals surface area contributed by atoms with Crippen molar-refractivity contribution in [1.29, 1.82) is 0 Å². The maximum absolute atomic E-state index is 13.3. The summed E-state index contributed by atoms with van der Waals surface area (Å²) in [7, 11) is 5.37. The topological polar surface area (TPSA) is 71.1 Å². The first-order valence-electron chi connectivity index (χ1n) is 11.3. The Morgan fingerprint density at radius 2 is 1.87 bits per heavy atom. The van der Waals surface area contributed by atoms with Crippen molar-refractivity contribution in [2.45, 2.75) is 0 Å². The number of rotatable bonds is 8. The van der Waals surface area contributed by atoms with E-state index in [4.69, 9.17) is 33.3 Å². The van der Waals surface area contributed by atoms with Crippen molar-refractivity contribution in [3.8, 4) is 11.5 Å². The molecule has 0 aliphatic carbocycles. The van der Waals surface area contributed by atoms with E-state index in [1.54, 1.807) is 24.3 Å². The molecule has 1 fully saturated rings. The fourth-order valence-electron chi connectivity index (χ4n) is 3.55. The Labute approximate surface area is 234 Å². The van der Waals surface area contributed by atoms with Gasteiger partial charge in [0.15, 0.2) is 22.4 Å². The number of methoxy groups -OCH3 is 1. The highest BCUT2D eigenvalue weighted by Crippen LogP contribution is 2.37. The number of ether oxygens (including phenoxy) is 2. The minimum Gasteiger partial charge on any atom is -0.493 e. The molecule has 1 saturated heterocycles. The van der Waals surface area contributed by atoms with Crippen LogP contribution in [0.1, 0.15) is 5.56 Å². The van der Waals surface area contributed by atoms with Crippen molar-refractivity contribution in [3.05, 3.63) is 82.0 Å². The smallest absolute Gasteiger partial charge is 0.270 e. The normalized spacial score (nSPS) is 14.1. The summed E-state index contributed by atoms with van der Waals surface area (Å²) in [6.07, 6.45) is 1.73. The van der Waals surface area contributed by atoms with Crippen molar-refractivity contribution in [3.63, 3.8) is 0 Å². The lowest BCUT2D eigenvalue weighted by Crippen LogP contribution is -2.27. The van der Waals surface area contributed by atoms with E-state index in [1.165, 1.54) is 35.9 Å². The summed E-state index contributed by atoms with van der Waals surface area (Å²) in [4.78, 5) is 29.4. The van der Waals surface area contributed by atoms with Crippen LogP contribution in [0.3, 0.4) is 0 Å². The van der Waals surface area contributed by atoms with Gasteiger partial charge in [-0.25, -0.2) is 4.39 Å². The first-order valence-corrected chi connectivity index (χ1v) is 12.9. The molecule has 0 radical (unpaired) electrons. The van der Waals surface area contributed by atoms with E-state index in [0.717, 1.165) is 11.8 Å². The number of hydrogen-bond acceptors (Lipinski definition) is 7. The monoisotopic (exact) mass is 571 g/mol. The van der Waals surface area contributed by atoms with Crippen LogP contribution >= 0.6 is 35.6 Å². The molecule has 0 atom stereocenters. The van der Waals surface area contributed by atoms with Crippen LogP contribution in [0.5, 0.6) is 11.5 Å². The van der Waals surface area contributed by atoms with Gasteiger partial charge in [-0.05, 0) is 66.2 Å². The Kier molecular flexibility index (Phi) is 8.55. The van der Waals surface area contributed by atoms with E-state index in [2.05, 4.69) is 5.32 Å². The number of nitrogens with zero attached hydrogens (tertiary/aromatic N) is 2.